The minimum atomic E-state index is -1.03. The number of rotatable bonds is 7. The molecule has 1 N–H and O–H groups in total. The summed E-state index contributed by atoms with van der Waals surface area (Å²) in [5.41, 5.74) is 1.51. The highest BCUT2D eigenvalue weighted by atomic mass is 16.4. The molecule has 0 saturated carbocycles. The van der Waals surface area contributed by atoms with Crippen LogP contribution in [0.1, 0.15) is 41.6 Å². The van der Waals surface area contributed by atoms with Crippen molar-refractivity contribution in [2.75, 3.05) is 6.54 Å². The lowest BCUT2D eigenvalue weighted by molar-refractivity contribution is -0.153. The number of carbonyl (C=O) groups excluding carboxylic acids is 2. The predicted molar refractivity (Wildman–Crippen MR) is 106 cm³/mol. The molecule has 0 bridgehead atoms. The van der Waals surface area contributed by atoms with Gasteiger partial charge in [0.15, 0.2) is 0 Å². The molecule has 146 valence electrons. The van der Waals surface area contributed by atoms with Gasteiger partial charge in [0.2, 0.25) is 5.78 Å². The van der Waals surface area contributed by atoms with Gasteiger partial charge in [-0.25, -0.2) is 4.79 Å². The number of ketones is 1. The maximum absolute atomic E-state index is 12.8. The van der Waals surface area contributed by atoms with Crippen LogP contribution in [0.25, 0.3) is 0 Å². The summed E-state index contributed by atoms with van der Waals surface area (Å²) in [7, 11) is 0. The number of benzene rings is 2. The molecule has 2 atom stereocenters. The molecular formula is C23H25NO4. The number of likely N-dealkylation sites (tertiary alicyclic amines) is 1. The summed E-state index contributed by atoms with van der Waals surface area (Å²) < 4.78 is 0. The summed E-state index contributed by atoms with van der Waals surface area (Å²) in [6.45, 7) is 0.309. The normalized spacial score (nSPS) is 19.2. The SMILES string of the molecule is O=C(C(=O)N1CCCC(CCCc2ccccc2)C1C(=O)O)c1ccccc1. The van der Waals surface area contributed by atoms with Crippen LogP contribution < -0.4 is 0 Å². The molecule has 1 amide bonds. The summed E-state index contributed by atoms with van der Waals surface area (Å²) in [6.07, 6.45) is 3.92. The molecule has 1 saturated heterocycles. The molecule has 0 aliphatic carbocycles. The van der Waals surface area contributed by atoms with Crippen LogP contribution in [0.4, 0.5) is 0 Å². The smallest absolute Gasteiger partial charge is 0.326 e. The molecule has 5 heteroatoms. The van der Waals surface area contributed by atoms with Gasteiger partial charge in [0, 0.05) is 12.1 Å². The van der Waals surface area contributed by atoms with Crippen molar-refractivity contribution in [1.29, 1.82) is 0 Å². The zero-order valence-electron chi connectivity index (χ0n) is 15.8. The summed E-state index contributed by atoms with van der Waals surface area (Å²) in [4.78, 5) is 38.5. The van der Waals surface area contributed by atoms with E-state index in [1.807, 2.05) is 18.2 Å². The number of Topliss-reactive ketones (excluding diaryl/α,β-unsaturated/α-hetero) is 1. The zero-order valence-corrected chi connectivity index (χ0v) is 15.8. The summed E-state index contributed by atoms with van der Waals surface area (Å²) >= 11 is 0. The Morgan fingerprint density at radius 1 is 0.964 bits per heavy atom. The van der Waals surface area contributed by atoms with Crippen molar-refractivity contribution in [3.05, 3.63) is 71.8 Å². The Bertz CT molecular complexity index is 819. The molecule has 2 aromatic carbocycles. The average Bonchev–Trinajstić information content (AvgIpc) is 2.73. The standard InChI is InChI=1S/C23H25NO4/c25-21(19-12-5-2-6-13-19)22(26)24-16-8-15-18(20(24)23(27)28)14-7-11-17-9-3-1-4-10-17/h1-6,9-10,12-13,18,20H,7-8,11,14-16H2,(H,27,28). The van der Waals surface area contributed by atoms with Gasteiger partial charge in [-0.1, -0.05) is 60.7 Å². The van der Waals surface area contributed by atoms with Crippen LogP contribution in [-0.4, -0.2) is 40.3 Å². The van der Waals surface area contributed by atoms with E-state index in [2.05, 4.69) is 12.1 Å². The number of carbonyl (C=O) groups is 3. The van der Waals surface area contributed by atoms with E-state index >= 15 is 0 Å². The monoisotopic (exact) mass is 379 g/mol. The summed E-state index contributed by atoms with van der Waals surface area (Å²) in [6, 6.07) is 17.4. The quantitative estimate of drug-likeness (QED) is 0.589. The fraction of sp³-hybridized carbons (Fsp3) is 0.348. The Morgan fingerprint density at radius 2 is 1.61 bits per heavy atom. The fourth-order valence-corrected chi connectivity index (χ4v) is 4.00. The highest BCUT2D eigenvalue weighted by Crippen LogP contribution is 2.29. The number of aliphatic carboxylic acids is 1. The van der Waals surface area contributed by atoms with Crippen molar-refractivity contribution in [3.63, 3.8) is 0 Å². The van der Waals surface area contributed by atoms with Crippen LogP contribution in [-0.2, 0) is 16.0 Å². The van der Waals surface area contributed by atoms with Gasteiger partial charge in [-0.2, -0.15) is 0 Å². The second-order valence-corrected chi connectivity index (χ2v) is 7.26. The van der Waals surface area contributed by atoms with E-state index in [0.29, 0.717) is 18.5 Å². The van der Waals surface area contributed by atoms with Crippen LogP contribution in [0.5, 0.6) is 0 Å². The maximum atomic E-state index is 12.8. The van der Waals surface area contributed by atoms with Crippen molar-refractivity contribution in [1.82, 2.24) is 4.90 Å². The first-order chi connectivity index (χ1) is 13.6. The Balaban J connectivity index is 1.68. The van der Waals surface area contributed by atoms with Crippen LogP contribution in [0, 0.1) is 5.92 Å². The molecule has 0 spiro atoms. The highest BCUT2D eigenvalue weighted by Gasteiger charge is 2.40. The largest absolute Gasteiger partial charge is 0.480 e. The third kappa shape index (κ3) is 4.66. The third-order valence-electron chi connectivity index (χ3n) is 5.38. The Hall–Kier alpha value is -2.95. The second-order valence-electron chi connectivity index (χ2n) is 7.26. The van der Waals surface area contributed by atoms with E-state index in [1.165, 1.54) is 10.5 Å². The molecule has 2 aromatic rings. The zero-order chi connectivity index (χ0) is 19.9. The van der Waals surface area contributed by atoms with E-state index < -0.39 is 23.7 Å². The Kier molecular flexibility index (Phi) is 6.58. The van der Waals surface area contributed by atoms with Gasteiger partial charge in [0.1, 0.15) is 6.04 Å². The van der Waals surface area contributed by atoms with Crippen LogP contribution in [0.15, 0.2) is 60.7 Å². The predicted octanol–water partition coefficient (Wildman–Crippen LogP) is 3.58. The van der Waals surface area contributed by atoms with Gasteiger partial charge in [0.25, 0.3) is 5.91 Å². The summed E-state index contributed by atoms with van der Waals surface area (Å²) in [5, 5.41) is 9.79. The van der Waals surface area contributed by atoms with E-state index in [-0.39, 0.29) is 5.92 Å². The molecule has 5 nitrogen and oxygen atoms in total. The number of hydrogen-bond donors (Lipinski definition) is 1. The number of carboxylic acid groups (broad SMARTS) is 1. The van der Waals surface area contributed by atoms with Crippen molar-refractivity contribution in [2.45, 2.75) is 38.1 Å². The first-order valence-corrected chi connectivity index (χ1v) is 9.75. The van der Waals surface area contributed by atoms with Gasteiger partial charge in [0.05, 0.1) is 0 Å². The molecule has 0 aromatic heterocycles. The average molecular weight is 379 g/mol. The lowest BCUT2D eigenvalue weighted by atomic mass is 9.84. The molecule has 0 radical (unpaired) electrons. The van der Waals surface area contributed by atoms with Gasteiger partial charge >= 0.3 is 5.97 Å². The first-order valence-electron chi connectivity index (χ1n) is 9.75. The van der Waals surface area contributed by atoms with Crippen LogP contribution >= 0.6 is 0 Å². The molecule has 2 unspecified atom stereocenters. The van der Waals surface area contributed by atoms with Gasteiger partial charge in [-0.05, 0) is 43.6 Å². The number of amides is 1. The Labute approximate surface area is 165 Å². The molecular weight excluding hydrogens is 354 g/mol. The number of piperidine rings is 1. The number of carboxylic acids is 1. The van der Waals surface area contributed by atoms with Crippen molar-refractivity contribution in [2.24, 2.45) is 5.92 Å². The molecule has 28 heavy (non-hydrogen) atoms. The van der Waals surface area contributed by atoms with Gasteiger partial charge in [-0.15, -0.1) is 0 Å². The summed E-state index contributed by atoms with van der Waals surface area (Å²) in [5.74, 6) is -2.52. The van der Waals surface area contributed by atoms with Crippen LogP contribution in [0.3, 0.4) is 0 Å². The third-order valence-corrected chi connectivity index (χ3v) is 5.38. The number of hydrogen-bond acceptors (Lipinski definition) is 3. The lowest BCUT2D eigenvalue weighted by Crippen LogP contribution is -2.54. The van der Waals surface area contributed by atoms with E-state index in [9.17, 15) is 19.5 Å². The second kappa shape index (κ2) is 9.31. The molecule has 1 aliphatic heterocycles. The maximum Gasteiger partial charge on any atom is 0.326 e. The van der Waals surface area contributed by atoms with Crippen molar-refractivity contribution < 1.29 is 19.5 Å². The minimum absolute atomic E-state index is 0.137. The fourth-order valence-electron chi connectivity index (χ4n) is 4.00. The number of aryl methyl sites for hydroxylation is 1. The van der Waals surface area contributed by atoms with Crippen molar-refractivity contribution >= 4 is 17.7 Å². The van der Waals surface area contributed by atoms with Crippen molar-refractivity contribution in [3.8, 4) is 0 Å². The molecule has 1 fully saturated rings. The van der Waals surface area contributed by atoms with Crippen LogP contribution in [0.2, 0.25) is 0 Å². The lowest BCUT2D eigenvalue weighted by Gasteiger charge is -2.38. The highest BCUT2D eigenvalue weighted by molar-refractivity contribution is 6.43. The van der Waals surface area contributed by atoms with E-state index in [4.69, 9.17) is 0 Å². The van der Waals surface area contributed by atoms with E-state index in [0.717, 1.165) is 25.7 Å². The van der Waals surface area contributed by atoms with Gasteiger partial charge < -0.3 is 10.0 Å². The first kappa shape index (κ1) is 19.8. The molecule has 3 rings (SSSR count). The minimum Gasteiger partial charge on any atom is -0.480 e. The Morgan fingerprint density at radius 3 is 2.25 bits per heavy atom. The molecule has 1 heterocycles. The van der Waals surface area contributed by atoms with E-state index in [1.54, 1.807) is 30.3 Å². The number of nitrogens with zero attached hydrogens (tertiary/aromatic N) is 1. The van der Waals surface area contributed by atoms with Gasteiger partial charge in [-0.3, -0.25) is 9.59 Å². The topological polar surface area (TPSA) is 74.7 Å². The molecule has 1 aliphatic rings.